The van der Waals surface area contributed by atoms with Crippen molar-refractivity contribution in [1.29, 1.82) is 0 Å². The molecule has 3 nitrogen and oxygen atoms in total. The molecule has 2 N–H and O–H groups in total. The molecule has 1 unspecified atom stereocenters. The number of imidazole rings is 1. The Bertz CT molecular complexity index is 761. The lowest BCUT2D eigenvalue weighted by Gasteiger charge is -2.26. The molecule has 1 heterocycles. The first kappa shape index (κ1) is 12.7. The molecule has 1 aliphatic carbocycles. The third-order valence-corrected chi connectivity index (χ3v) is 4.50. The highest BCUT2D eigenvalue weighted by Gasteiger charge is 2.22. The van der Waals surface area contributed by atoms with Crippen LogP contribution in [0.2, 0.25) is 5.02 Å². The predicted molar refractivity (Wildman–Crippen MR) is 86.8 cm³/mol. The van der Waals surface area contributed by atoms with Gasteiger partial charge in [-0.25, -0.2) is 4.98 Å². The van der Waals surface area contributed by atoms with Crippen LogP contribution >= 0.6 is 11.6 Å². The number of benzene rings is 2. The molecule has 1 atom stereocenters. The van der Waals surface area contributed by atoms with Crippen molar-refractivity contribution in [3.8, 4) is 0 Å². The van der Waals surface area contributed by atoms with Gasteiger partial charge in [-0.15, -0.1) is 0 Å². The first-order chi connectivity index (χ1) is 10.3. The summed E-state index contributed by atoms with van der Waals surface area (Å²) in [6.07, 6.45) is 3.31. The molecule has 0 amide bonds. The van der Waals surface area contributed by atoms with Crippen molar-refractivity contribution in [3.63, 3.8) is 0 Å². The van der Waals surface area contributed by atoms with Crippen LogP contribution < -0.4 is 5.32 Å². The molecule has 0 saturated heterocycles. The fourth-order valence-electron chi connectivity index (χ4n) is 3.14. The zero-order chi connectivity index (χ0) is 14.2. The lowest BCUT2D eigenvalue weighted by molar-refractivity contribution is 0.597. The van der Waals surface area contributed by atoms with Gasteiger partial charge >= 0.3 is 0 Å². The number of nitrogens with zero attached hydrogens (tertiary/aromatic N) is 1. The Morgan fingerprint density at radius 3 is 2.95 bits per heavy atom. The molecule has 0 radical (unpaired) electrons. The summed E-state index contributed by atoms with van der Waals surface area (Å²) in [5, 5.41) is 4.41. The van der Waals surface area contributed by atoms with E-state index in [-0.39, 0.29) is 6.04 Å². The first-order valence-corrected chi connectivity index (χ1v) is 7.67. The Morgan fingerprint density at radius 1 is 1.14 bits per heavy atom. The van der Waals surface area contributed by atoms with Crippen LogP contribution in [0.3, 0.4) is 0 Å². The zero-order valence-electron chi connectivity index (χ0n) is 11.6. The van der Waals surface area contributed by atoms with Crippen LogP contribution in [0, 0.1) is 0 Å². The molecule has 4 heteroatoms. The minimum absolute atomic E-state index is 0.271. The Hall–Kier alpha value is -2.00. The molecule has 0 fully saturated rings. The quantitative estimate of drug-likeness (QED) is 0.719. The van der Waals surface area contributed by atoms with Gasteiger partial charge in [0, 0.05) is 5.02 Å². The molecule has 0 bridgehead atoms. The third-order valence-electron chi connectivity index (χ3n) is 4.15. The maximum atomic E-state index is 6.32. The van der Waals surface area contributed by atoms with Crippen LogP contribution in [0.25, 0.3) is 11.0 Å². The summed E-state index contributed by atoms with van der Waals surface area (Å²) < 4.78 is 0. The van der Waals surface area contributed by atoms with Crippen molar-refractivity contribution in [2.24, 2.45) is 0 Å². The number of aromatic amines is 1. The van der Waals surface area contributed by atoms with E-state index in [9.17, 15) is 0 Å². The molecular formula is C17H16ClN3. The third kappa shape index (κ3) is 2.28. The number of halogens is 1. The van der Waals surface area contributed by atoms with E-state index in [4.69, 9.17) is 11.6 Å². The van der Waals surface area contributed by atoms with Crippen LogP contribution in [0.4, 0.5) is 5.95 Å². The van der Waals surface area contributed by atoms with E-state index >= 15 is 0 Å². The number of hydrogen-bond acceptors (Lipinski definition) is 2. The topological polar surface area (TPSA) is 40.7 Å². The molecule has 0 spiro atoms. The molecule has 2 aromatic carbocycles. The highest BCUT2D eigenvalue weighted by Crippen LogP contribution is 2.35. The van der Waals surface area contributed by atoms with Crippen LogP contribution in [0.15, 0.2) is 42.5 Å². The van der Waals surface area contributed by atoms with Crippen molar-refractivity contribution >= 4 is 28.6 Å². The SMILES string of the molecule is Clc1cccc2c1CCCC2Nc1nc2ccccc2[nH]1. The monoisotopic (exact) mass is 297 g/mol. The lowest BCUT2D eigenvalue weighted by Crippen LogP contribution is -2.18. The van der Waals surface area contributed by atoms with Gasteiger partial charge < -0.3 is 10.3 Å². The van der Waals surface area contributed by atoms with Crippen molar-refractivity contribution in [2.45, 2.75) is 25.3 Å². The normalized spacial score (nSPS) is 17.7. The largest absolute Gasteiger partial charge is 0.349 e. The van der Waals surface area contributed by atoms with E-state index in [1.807, 2.05) is 36.4 Å². The van der Waals surface area contributed by atoms with Gasteiger partial charge in [0.1, 0.15) is 0 Å². The summed E-state index contributed by atoms with van der Waals surface area (Å²) in [7, 11) is 0. The summed E-state index contributed by atoms with van der Waals surface area (Å²) in [6.45, 7) is 0. The van der Waals surface area contributed by atoms with E-state index in [1.165, 1.54) is 11.1 Å². The van der Waals surface area contributed by atoms with Crippen LogP contribution in [0.1, 0.15) is 30.0 Å². The second-order valence-electron chi connectivity index (χ2n) is 5.50. The highest BCUT2D eigenvalue weighted by atomic mass is 35.5. The van der Waals surface area contributed by atoms with Gasteiger partial charge in [-0.2, -0.15) is 0 Å². The van der Waals surface area contributed by atoms with Gasteiger partial charge in [-0.3, -0.25) is 0 Å². The van der Waals surface area contributed by atoms with E-state index in [2.05, 4.69) is 21.4 Å². The van der Waals surface area contributed by atoms with E-state index in [0.29, 0.717) is 0 Å². The molecule has 106 valence electrons. The molecule has 0 aliphatic heterocycles. The Kier molecular flexibility index (Phi) is 3.08. The Labute approximate surface area is 128 Å². The number of para-hydroxylation sites is 2. The first-order valence-electron chi connectivity index (χ1n) is 7.30. The van der Waals surface area contributed by atoms with Gasteiger partial charge in [0.2, 0.25) is 5.95 Å². The van der Waals surface area contributed by atoms with Crippen LogP contribution in [-0.2, 0) is 6.42 Å². The summed E-state index contributed by atoms with van der Waals surface area (Å²) >= 11 is 6.32. The average Bonchev–Trinajstić information content (AvgIpc) is 2.90. The van der Waals surface area contributed by atoms with Crippen molar-refractivity contribution < 1.29 is 0 Å². The predicted octanol–water partition coefficient (Wildman–Crippen LogP) is 4.71. The van der Waals surface area contributed by atoms with E-state index < -0.39 is 0 Å². The zero-order valence-corrected chi connectivity index (χ0v) is 12.3. The second kappa shape index (κ2) is 5.08. The number of fused-ring (bicyclic) bond motifs is 2. The second-order valence-corrected chi connectivity index (χ2v) is 5.91. The highest BCUT2D eigenvalue weighted by molar-refractivity contribution is 6.31. The number of hydrogen-bond donors (Lipinski definition) is 2. The Balaban J connectivity index is 1.68. The molecule has 1 aliphatic rings. The number of aromatic nitrogens is 2. The minimum Gasteiger partial charge on any atom is -0.349 e. The van der Waals surface area contributed by atoms with E-state index in [0.717, 1.165) is 41.3 Å². The maximum absolute atomic E-state index is 6.32. The lowest BCUT2D eigenvalue weighted by atomic mass is 9.88. The summed E-state index contributed by atoms with van der Waals surface area (Å²) in [6, 6.07) is 14.5. The van der Waals surface area contributed by atoms with Gasteiger partial charge in [0.15, 0.2) is 0 Å². The number of rotatable bonds is 2. The smallest absolute Gasteiger partial charge is 0.201 e. The van der Waals surface area contributed by atoms with E-state index in [1.54, 1.807) is 0 Å². The molecule has 1 aromatic heterocycles. The summed E-state index contributed by atoms with van der Waals surface area (Å²) in [5.74, 6) is 0.828. The van der Waals surface area contributed by atoms with Gasteiger partial charge in [-0.1, -0.05) is 35.9 Å². The molecule has 3 aromatic rings. The standard InChI is InChI=1S/C17H16ClN3/c18-13-7-3-6-12-11(13)5-4-10-14(12)19-17-20-15-8-1-2-9-16(15)21-17/h1-3,6-9,14H,4-5,10H2,(H2,19,20,21). The summed E-state index contributed by atoms with van der Waals surface area (Å²) in [5.41, 5.74) is 4.62. The van der Waals surface area contributed by atoms with Crippen molar-refractivity contribution in [3.05, 3.63) is 58.6 Å². The number of anilines is 1. The Morgan fingerprint density at radius 2 is 2.05 bits per heavy atom. The number of H-pyrrole nitrogens is 1. The number of nitrogens with one attached hydrogen (secondary N) is 2. The van der Waals surface area contributed by atoms with Crippen molar-refractivity contribution in [1.82, 2.24) is 9.97 Å². The van der Waals surface area contributed by atoms with Crippen LogP contribution in [-0.4, -0.2) is 9.97 Å². The average molecular weight is 298 g/mol. The maximum Gasteiger partial charge on any atom is 0.201 e. The van der Waals surface area contributed by atoms with Gasteiger partial charge in [0.05, 0.1) is 17.1 Å². The van der Waals surface area contributed by atoms with Crippen LogP contribution in [0.5, 0.6) is 0 Å². The molecular weight excluding hydrogens is 282 g/mol. The van der Waals surface area contributed by atoms with Gasteiger partial charge in [0.25, 0.3) is 0 Å². The molecule has 0 saturated carbocycles. The van der Waals surface area contributed by atoms with Gasteiger partial charge in [-0.05, 0) is 48.6 Å². The fraction of sp³-hybridized carbons (Fsp3) is 0.235. The molecule has 21 heavy (non-hydrogen) atoms. The minimum atomic E-state index is 0.271. The summed E-state index contributed by atoms with van der Waals surface area (Å²) in [4.78, 5) is 7.94. The van der Waals surface area contributed by atoms with Crippen molar-refractivity contribution in [2.75, 3.05) is 5.32 Å². The fourth-order valence-corrected chi connectivity index (χ4v) is 3.42. The molecule has 4 rings (SSSR count).